The molecule has 1 aliphatic heterocycles. The maximum atomic E-state index is 4.38. The number of aromatic nitrogens is 1. The van der Waals surface area contributed by atoms with Gasteiger partial charge in [0.2, 0.25) is 0 Å². The van der Waals surface area contributed by atoms with Gasteiger partial charge < -0.3 is 5.32 Å². The van der Waals surface area contributed by atoms with Gasteiger partial charge in [-0.25, -0.2) is 0 Å². The topological polar surface area (TPSA) is 28.2 Å². The summed E-state index contributed by atoms with van der Waals surface area (Å²) in [6, 6.07) is 8.51. The van der Waals surface area contributed by atoms with Crippen molar-refractivity contribution in [2.45, 2.75) is 25.9 Å². The number of pyridine rings is 1. The average molecular weight is 255 g/mol. The monoisotopic (exact) mass is 255 g/mol. The minimum atomic E-state index is 0.204. The fraction of sp³-hybridized carbons (Fsp3) is 0.438. The Balaban J connectivity index is 1.93. The predicted octanol–water partition coefficient (Wildman–Crippen LogP) is 2.42. The molecular weight excluding hydrogens is 234 g/mol. The lowest BCUT2D eigenvalue weighted by atomic mass is 9.98. The summed E-state index contributed by atoms with van der Waals surface area (Å²) in [5.74, 6) is 0. The average Bonchev–Trinajstić information content (AvgIpc) is 2.41. The number of benzene rings is 1. The SMILES string of the molecule is CC1(C)CNCCN1Cc1cncc2ccccc12. The molecule has 1 aliphatic rings. The highest BCUT2D eigenvalue weighted by Gasteiger charge is 2.29. The molecule has 0 amide bonds. The molecular formula is C16H21N3. The minimum Gasteiger partial charge on any atom is -0.314 e. The quantitative estimate of drug-likeness (QED) is 0.893. The molecule has 2 heterocycles. The molecule has 19 heavy (non-hydrogen) atoms. The van der Waals surface area contributed by atoms with Crippen molar-refractivity contribution >= 4 is 10.8 Å². The molecule has 3 rings (SSSR count). The van der Waals surface area contributed by atoms with E-state index in [0.29, 0.717) is 0 Å². The minimum absolute atomic E-state index is 0.204. The van der Waals surface area contributed by atoms with Gasteiger partial charge >= 0.3 is 0 Å². The van der Waals surface area contributed by atoms with E-state index in [1.165, 1.54) is 16.3 Å². The Morgan fingerprint density at radius 1 is 1.26 bits per heavy atom. The Kier molecular flexibility index (Phi) is 3.25. The molecule has 1 aromatic heterocycles. The van der Waals surface area contributed by atoms with Crippen LogP contribution in [0.25, 0.3) is 10.8 Å². The first-order chi connectivity index (χ1) is 9.17. The number of rotatable bonds is 2. The lowest BCUT2D eigenvalue weighted by Gasteiger charge is -2.43. The fourth-order valence-corrected chi connectivity index (χ4v) is 2.83. The van der Waals surface area contributed by atoms with Gasteiger partial charge in [0, 0.05) is 49.5 Å². The van der Waals surface area contributed by atoms with Crippen LogP contribution >= 0.6 is 0 Å². The molecule has 0 radical (unpaired) electrons. The Labute approximate surface area is 114 Å². The number of hydrogen-bond donors (Lipinski definition) is 1. The van der Waals surface area contributed by atoms with Crippen LogP contribution in [0.2, 0.25) is 0 Å². The summed E-state index contributed by atoms with van der Waals surface area (Å²) in [5, 5.41) is 6.03. The molecule has 0 saturated carbocycles. The van der Waals surface area contributed by atoms with Gasteiger partial charge in [0.25, 0.3) is 0 Å². The van der Waals surface area contributed by atoms with Gasteiger partial charge in [0.1, 0.15) is 0 Å². The summed E-state index contributed by atoms with van der Waals surface area (Å²) in [5.41, 5.74) is 1.53. The summed E-state index contributed by atoms with van der Waals surface area (Å²) in [4.78, 5) is 6.93. The van der Waals surface area contributed by atoms with E-state index in [1.54, 1.807) is 0 Å². The third-order valence-electron chi connectivity index (χ3n) is 4.08. The number of nitrogens with one attached hydrogen (secondary N) is 1. The summed E-state index contributed by atoms with van der Waals surface area (Å²) >= 11 is 0. The molecule has 100 valence electrons. The van der Waals surface area contributed by atoms with Crippen LogP contribution < -0.4 is 5.32 Å². The van der Waals surface area contributed by atoms with E-state index < -0.39 is 0 Å². The van der Waals surface area contributed by atoms with Crippen LogP contribution in [-0.4, -0.2) is 35.1 Å². The molecule has 0 atom stereocenters. The van der Waals surface area contributed by atoms with Crippen LogP contribution in [0.3, 0.4) is 0 Å². The lowest BCUT2D eigenvalue weighted by molar-refractivity contribution is 0.0831. The van der Waals surface area contributed by atoms with Gasteiger partial charge in [0.05, 0.1) is 0 Å². The molecule has 2 aromatic rings. The molecule has 3 heteroatoms. The molecule has 1 aromatic carbocycles. The van der Waals surface area contributed by atoms with Crippen molar-refractivity contribution in [2.75, 3.05) is 19.6 Å². The normalized spacial score (nSPS) is 19.7. The fourth-order valence-electron chi connectivity index (χ4n) is 2.83. The van der Waals surface area contributed by atoms with E-state index in [4.69, 9.17) is 0 Å². The maximum Gasteiger partial charge on any atom is 0.0346 e. The predicted molar refractivity (Wildman–Crippen MR) is 79.1 cm³/mol. The largest absolute Gasteiger partial charge is 0.314 e. The van der Waals surface area contributed by atoms with Gasteiger partial charge in [-0.1, -0.05) is 24.3 Å². The van der Waals surface area contributed by atoms with Crippen LogP contribution in [0.5, 0.6) is 0 Å². The van der Waals surface area contributed by atoms with E-state index in [2.05, 4.69) is 53.3 Å². The van der Waals surface area contributed by atoms with Crippen LogP contribution in [0.1, 0.15) is 19.4 Å². The van der Waals surface area contributed by atoms with E-state index in [1.807, 2.05) is 12.4 Å². The van der Waals surface area contributed by atoms with Crippen LogP contribution in [0.15, 0.2) is 36.7 Å². The second-order valence-corrected chi connectivity index (χ2v) is 5.93. The van der Waals surface area contributed by atoms with Crippen molar-refractivity contribution in [3.8, 4) is 0 Å². The van der Waals surface area contributed by atoms with Crippen molar-refractivity contribution in [1.29, 1.82) is 0 Å². The van der Waals surface area contributed by atoms with Crippen molar-refractivity contribution < 1.29 is 0 Å². The van der Waals surface area contributed by atoms with Gasteiger partial charge in [0.15, 0.2) is 0 Å². The summed E-state index contributed by atoms with van der Waals surface area (Å²) in [6.45, 7) is 8.79. The smallest absolute Gasteiger partial charge is 0.0346 e. The Hall–Kier alpha value is -1.45. The van der Waals surface area contributed by atoms with Crippen LogP contribution in [0, 0.1) is 0 Å². The zero-order chi connectivity index (χ0) is 13.3. The van der Waals surface area contributed by atoms with Crippen molar-refractivity contribution in [3.05, 3.63) is 42.2 Å². The van der Waals surface area contributed by atoms with E-state index in [9.17, 15) is 0 Å². The molecule has 1 N–H and O–H groups in total. The Morgan fingerprint density at radius 2 is 2.11 bits per heavy atom. The highest BCUT2D eigenvalue weighted by molar-refractivity contribution is 5.84. The first-order valence-electron chi connectivity index (χ1n) is 6.94. The summed E-state index contributed by atoms with van der Waals surface area (Å²) < 4.78 is 0. The van der Waals surface area contributed by atoms with E-state index in [-0.39, 0.29) is 5.54 Å². The van der Waals surface area contributed by atoms with Crippen molar-refractivity contribution in [3.63, 3.8) is 0 Å². The lowest BCUT2D eigenvalue weighted by Crippen LogP contribution is -2.57. The standard InChI is InChI=1S/C16H21N3/c1-16(2)12-17-7-8-19(16)11-14-10-18-9-13-5-3-4-6-15(13)14/h3-6,9-10,17H,7-8,11-12H2,1-2H3. The zero-order valence-corrected chi connectivity index (χ0v) is 11.7. The van der Waals surface area contributed by atoms with E-state index >= 15 is 0 Å². The maximum absolute atomic E-state index is 4.38. The molecule has 0 spiro atoms. The molecule has 1 saturated heterocycles. The first-order valence-corrected chi connectivity index (χ1v) is 6.94. The van der Waals surface area contributed by atoms with E-state index in [0.717, 1.165) is 26.2 Å². The molecule has 1 fully saturated rings. The third-order valence-corrected chi connectivity index (χ3v) is 4.08. The molecule has 0 unspecified atom stereocenters. The number of nitrogens with zero attached hydrogens (tertiary/aromatic N) is 2. The third kappa shape index (κ3) is 2.48. The highest BCUT2D eigenvalue weighted by atomic mass is 15.2. The van der Waals surface area contributed by atoms with Crippen molar-refractivity contribution in [1.82, 2.24) is 15.2 Å². The molecule has 0 bridgehead atoms. The molecule has 0 aliphatic carbocycles. The first kappa shape index (κ1) is 12.6. The summed E-state index contributed by atoms with van der Waals surface area (Å²) in [6.07, 6.45) is 3.96. The van der Waals surface area contributed by atoms with Gasteiger partial charge in [-0.2, -0.15) is 0 Å². The number of fused-ring (bicyclic) bond motifs is 1. The summed E-state index contributed by atoms with van der Waals surface area (Å²) in [7, 11) is 0. The molecule has 3 nitrogen and oxygen atoms in total. The van der Waals surface area contributed by atoms with Gasteiger partial charge in [-0.3, -0.25) is 9.88 Å². The van der Waals surface area contributed by atoms with Crippen LogP contribution in [-0.2, 0) is 6.54 Å². The van der Waals surface area contributed by atoms with Crippen LogP contribution in [0.4, 0.5) is 0 Å². The number of piperazine rings is 1. The Morgan fingerprint density at radius 3 is 2.95 bits per heavy atom. The second-order valence-electron chi connectivity index (χ2n) is 5.93. The zero-order valence-electron chi connectivity index (χ0n) is 11.7. The van der Waals surface area contributed by atoms with Gasteiger partial charge in [-0.05, 0) is 24.8 Å². The Bertz CT molecular complexity index is 572. The number of hydrogen-bond acceptors (Lipinski definition) is 3. The second kappa shape index (κ2) is 4.91. The van der Waals surface area contributed by atoms with Crippen molar-refractivity contribution in [2.24, 2.45) is 0 Å². The van der Waals surface area contributed by atoms with Gasteiger partial charge in [-0.15, -0.1) is 0 Å². The highest BCUT2D eigenvalue weighted by Crippen LogP contribution is 2.23.